The fourth-order valence-electron chi connectivity index (χ4n) is 3.93. The smallest absolute Gasteiger partial charge is 0.260 e. The second-order valence-corrected chi connectivity index (χ2v) is 8.73. The average Bonchev–Trinajstić information content (AvgIpc) is 2.91. The van der Waals surface area contributed by atoms with Crippen molar-refractivity contribution >= 4 is 11.8 Å². The van der Waals surface area contributed by atoms with Gasteiger partial charge in [-0.15, -0.1) is 0 Å². The summed E-state index contributed by atoms with van der Waals surface area (Å²) in [5, 5.41) is 0. The van der Waals surface area contributed by atoms with Gasteiger partial charge in [-0.05, 0) is 43.0 Å². The molecule has 0 radical (unpaired) electrons. The van der Waals surface area contributed by atoms with Crippen LogP contribution in [0.25, 0.3) is 0 Å². The quantitative estimate of drug-likeness (QED) is 0.337. The summed E-state index contributed by atoms with van der Waals surface area (Å²) in [6.07, 6.45) is 1.88. The zero-order chi connectivity index (χ0) is 24.9. The fraction of sp³-hybridized carbons (Fsp3) is 0.333. The van der Waals surface area contributed by atoms with E-state index >= 15 is 0 Å². The molecular weight excluding hydrogens is 436 g/mol. The van der Waals surface area contributed by atoms with Crippen molar-refractivity contribution in [1.82, 2.24) is 9.80 Å². The minimum Gasteiger partial charge on any atom is -0.484 e. The van der Waals surface area contributed by atoms with Crippen LogP contribution in [0.3, 0.4) is 0 Å². The second kappa shape index (κ2) is 14.0. The highest BCUT2D eigenvalue weighted by atomic mass is 16.5. The lowest BCUT2D eigenvalue weighted by molar-refractivity contribution is -0.137. The van der Waals surface area contributed by atoms with Crippen LogP contribution in [0.2, 0.25) is 0 Å². The summed E-state index contributed by atoms with van der Waals surface area (Å²) in [4.78, 5) is 30.0. The number of rotatable bonds is 13. The van der Waals surface area contributed by atoms with Crippen molar-refractivity contribution in [2.24, 2.45) is 0 Å². The number of amides is 2. The standard InChI is InChI=1S/C30H36N2O3/c1-3-25(2)32(30(34)24-35-28-17-11-6-12-18-28)22-20-29(33)31(23-27-15-9-5-10-16-27)21-19-26-13-7-4-8-14-26/h4-18,25H,3,19-24H2,1-2H3. The molecule has 0 spiro atoms. The predicted molar refractivity (Wildman–Crippen MR) is 140 cm³/mol. The normalized spacial score (nSPS) is 11.5. The van der Waals surface area contributed by atoms with Crippen LogP contribution in [0, 0.1) is 0 Å². The monoisotopic (exact) mass is 472 g/mol. The van der Waals surface area contributed by atoms with Crippen molar-refractivity contribution in [1.29, 1.82) is 0 Å². The zero-order valence-corrected chi connectivity index (χ0v) is 20.8. The van der Waals surface area contributed by atoms with E-state index in [1.54, 1.807) is 4.90 Å². The molecule has 0 heterocycles. The molecule has 35 heavy (non-hydrogen) atoms. The van der Waals surface area contributed by atoms with Gasteiger partial charge in [0.15, 0.2) is 6.61 Å². The molecule has 5 heteroatoms. The first-order valence-corrected chi connectivity index (χ1v) is 12.4. The maximum atomic E-state index is 13.3. The number of benzene rings is 3. The average molecular weight is 473 g/mol. The highest BCUT2D eigenvalue weighted by Gasteiger charge is 2.22. The van der Waals surface area contributed by atoms with Gasteiger partial charge in [0.05, 0.1) is 0 Å². The minimum absolute atomic E-state index is 0.0292. The molecule has 0 N–H and O–H groups in total. The number of hydrogen-bond donors (Lipinski definition) is 0. The predicted octanol–water partition coefficient (Wildman–Crippen LogP) is 5.35. The Kier molecular flexibility index (Phi) is 10.4. The molecule has 5 nitrogen and oxygen atoms in total. The number of ether oxygens (including phenoxy) is 1. The molecule has 3 aromatic rings. The van der Waals surface area contributed by atoms with Crippen LogP contribution in [0.5, 0.6) is 5.75 Å². The van der Waals surface area contributed by atoms with Gasteiger partial charge in [-0.3, -0.25) is 9.59 Å². The van der Waals surface area contributed by atoms with E-state index in [1.807, 2.05) is 97.6 Å². The molecule has 0 aromatic heterocycles. The van der Waals surface area contributed by atoms with Gasteiger partial charge in [0, 0.05) is 32.1 Å². The molecule has 3 aromatic carbocycles. The minimum atomic E-state index is -0.102. The lowest BCUT2D eigenvalue weighted by Crippen LogP contribution is -2.43. The molecule has 1 unspecified atom stereocenters. The first-order chi connectivity index (χ1) is 17.1. The summed E-state index contributed by atoms with van der Waals surface area (Å²) >= 11 is 0. The number of para-hydroxylation sites is 1. The first-order valence-electron chi connectivity index (χ1n) is 12.4. The summed E-state index contributed by atoms with van der Waals surface area (Å²) in [6, 6.07) is 29.6. The summed E-state index contributed by atoms with van der Waals surface area (Å²) in [5.74, 6) is 0.612. The van der Waals surface area contributed by atoms with E-state index < -0.39 is 0 Å². The van der Waals surface area contributed by atoms with Crippen LogP contribution < -0.4 is 4.74 Å². The number of carbonyl (C=O) groups is 2. The lowest BCUT2D eigenvalue weighted by atomic mass is 10.1. The van der Waals surface area contributed by atoms with E-state index in [0.717, 1.165) is 18.4 Å². The molecule has 0 aliphatic rings. The largest absolute Gasteiger partial charge is 0.484 e. The van der Waals surface area contributed by atoms with Gasteiger partial charge in [-0.25, -0.2) is 0 Å². The van der Waals surface area contributed by atoms with Crippen LogP contribution in [0.4, 0.5) is 0 Å². The number of hydrogen-bond acceptors (Lipinski definition) is 3. The van der Waals surface area contributed by atoms with Gasteiger partial charge in [-0.1, -0.05) is 85.8 Å². The maximum absolute atomic E-state index is 13.3. The molecule has 0 aliphatic heterocycles. The molecule has 0 bridgehead atoms. The second-order valence-electron chi connectivity index (χ2n) is 8.73. The molecule has 0 fully saturated rings. The van der Waals surface area contributed by atoms with Crippen LogP contribution in [0.15, 0.2) is 91.0 Å². The van der Waals surface area contributed by atoms with Crippen molar-refractivity contribution < 1.29 is 14.3 Å². The Morgan fingerprint density at radius 2 is 1.34 bits per heavy atom. The lowest BCUT2D eigenvalue weighted by Gasteiger charge is -2.30. The third-order valence-corrected chi connectivity index (χ3v) is 6.20. The topological polar surface area (TPSA) is 49.9 Å². The molecular formula is C30H36N2O3. The molecule has 0 saturated carbocycles. The zero-order valence-electron chi connectivity index (χ0n) is 20.8. The van der Waals surface area contributed by atoms with Crippen LogP contribution >= 0.6 is 0 Å². The Labute approximate surface area is 209 Å². The number of carbonyl (C=O) groups excluding carboxylic acids is 2. The molecule has 1 atom stereocenters. The van der Waals surface area contributed by atoms with E-state index in [2.05, 4.69) is 12.1 Å². The fourth-order valence-corrected chi connectivity index (χ4v) is 3.93. The Morgan fingerprint density at radius 3 is 1.94 bits per heavy atom. The Hall–Kier alpha value is -3.60. The van der Waals surface area contributed by atoms with Crippen molar-refractivity contribution in [3.05, 3.63) is 102 Å². The SMILES string of the molecule is CCC(C)N(CCC(=O)N(CCc1ccccc1)Cc1ccccc1)C(=O)COc1ccccc1. The van der Waals surface area contributed by atoms with Crippen molar-refractivity contribution in [2.45, 2.75) is 45.7 Å². The summed E-state index contributed by atoms with van der Waals surface area (Å²) < 4.78 is 5.68. The summed E-state index contributed by atoms with van der Waals surface area (Å²) in [7, 11) is 0. The van der Waals surface area contributed by atoms with Gasteiger partial charge in [0.2, 0.25) is 5.91 Å². The molecule has 184 valence electrons. The van der Waals surface area contributed by atoms with Crippen LogP contribution in [0.1, 0.15) is 37.8 Å². The molecule has 0 saturated heterocycles. The van der Waals surface area contributed by atoms with Gasteiger partial charge in [0.1, 0.15) is 5.75 Å². The Balaban J connectivity index is 1.62. The maximum Gasteiger partial charge on any atom is 0.260 e. The summed E-state index contributed by atoms with van der Waals surface area (Å²) in [6.45, 7) is 5.59. The van der Waals surface area contributed by atoms with Gasteiger partial charge in [-0.2, -0.15) is 0 Å². The third-order valence-electron chi connectivity index (χ3n) is 6.20. The van der Waals surface area contributed by atoms with Crippen LogP contribution in [-0.2, 0) is 22.6 Å². The van der Waals surface area contributed by atoms with E-state index in [4.69, 9.17) is 4.74 Å². The highest BCUT2D eigenvalue weighted by molar-refractivity contribution is 5.80. The first kappa shape index (κ1) is 26.0. The van der Waals surface area contributed by atoms with E-state index in [1.165, 1.54) is 5.56 Å². The van der Waals surface area contributed by atoms with Gasteiger partial charge < -0.3 is 14.5 Å². The van der Waals surface area contributed by atoms with Crippen molar-refractivity contribution in [3.8, 4) is 5.75 Å². The van der Waals surface area contributed by atoms with Crippen molar-refractivity contribution in [3.63, 3.8) is 0 Å². The number of nitrogens with zero attached hydrogens (tertiary/aromatic N) is 2. The van der Waals surface area contributed by atoms with Crippen molar-refractivity contribution in [2.75, 3.05) is 19.7 Å². The van der Waals surface area contributed by atoms with Gasteiger partial charge >= 0.3 is 0 Å². The summed E-state index contributed by atoms with van der Waals surface area (Å²) in [5.41, 5.74) is 2.30. The Morgan fingerprint density at radius 1 is 0.771 bits per heavy atom. The molecule has 2 amide bonds. The van der Waals surface area contributed by atoms with E-state index in [-0.39, 0.29) is 30.9 Å². The third kappa shape index (κ3) is 8.60. The molecule has 0 aliphatic carbocycles. The highest BCUT2D eigenvalue weighted by Crippen LogP contribution is 2.13. The molecule has 3 rings (SSSR count). The van der Waals surface area contributed by atoms with Crippen LogP contribution in [-0.4, -0.2) is 47.4 Å². The van der Waals surface area contributed by atoms with Gasteiger partial charge in [0.25, 0.3) is 5.91 Å². The van der Waals surface area contributed by atoms with E-state index in [0.29, 0.717) is 25.4 Å². The van der Waals surface area contributed by atoms with E-state index in [9.17, 15) is 9.59 Å². The Bertz CT molecular complexity index is 1030.